The van der Waals surface area contributed by atoms with E-state index in [2.05, 4.69) is 19.6 Å². The maximum Gasteiger partial charge on any atom is 0.193 e. The van der Waals surface area contributed by atoms with Gasteiger partial charge in [-0.2, -0.15) is 0 Å². The summed E-state index contributed by atoms with van der Waals surface area (Å²) in [7, 11) is 1.98. The van der Waals surface area contributed by atoms with Crippen LogP contribution in [0.4, 0.5) is 0 Å². The topological polar surface area (TPSA) is 82.8 Å². The van der Waals surface area contributed by atoms with E-state index < -0.39 is 5.60 Å². The van der Waals surface area contributed by atoms with Crippen LogP contribution in [0.3, 0.4) is 0 Å². The van der Waals surface area contributed by atoms with Gasteiger partial charge in [0.05, 0.1) is 17.0 Å². The van der Waals surface area contributed by atoms with Gasteiger partial charge in [0, 0.05) is 18.7 Å². The second-order valence-electron chi connectivity index (χ2n) is 12.5. The van der Waals surface area contributed by atoms with Crippen molar-refractivity contribution in [2.45, 2.75) is 65.1 Å². The van der Waals surface area contributed by atoms with Crippen molar-refractivity contribution in [3.05, 3.63) is 112 Å². The van der Waals surface area contributed by atoms with Gasteiger partial charge < -0.3 is 23.9 Å². The number of hydrogen-bond donors (Lipinski definition) is 2. The molecule has 7 nitrogen and oxygen atoms in total. The fourth-order valence-corrected chi connectivity index (χ4v) is 6.45. The molecule has 0 spiro atoms. The van der Waals surface area contributed by atoms with Crippen molar-refractivity contribution >= 4 is 28.8 Å². The molecule has 0 radical (unpaired) electrons. The van der Waals surface area contributed by atoms with Gasteiger partial charge in [-0.05, 0) is 99.0 Å². The number of nitrogens with zero attached hydrogens (tertiary/aromatic N) is 2. The minimum atomic E-state index is -0.492. The molecule has 0 bridgehead atoms. The molecule has 8 heteroatoms. The molecule has 1 aromatic heterocycles. The van der Waals surface area contributed by atoms with Crippen LogP contribution in [-0.2, 0) is 31.3 Å². The average molecular weight is 637 g/mol. The van der Waals surface area contributed by atoms with Gasteiger partial charge >= 0.3 is 0 Å². The Kier molecular flexibility index (Phi) is 8.75. The summed E-state index contributed by atoms with van der Waals surface area (Å²) >= 11 is 4.13. The van der Waals surface area contributed by atoms with E-state index in [4.69, 9.17) is 19.2 Å². The smallest absolute Gasteiger partial charge is 0.193 e. The summed E-state index contributed by atoms with van der Waals surface area (Å²) in [5.74, 6) is 3.21. The summed E-state index contributed by atoms with van der Waals surface area (Å²) in [6.45, 7) is 8.68. The van der Waals surface area contributed by atoms with Crippen molar-refractivity contribution in [3.8, 4) is 23.0 Å². The highest BCUT2D eigenvalue weighted by molar-refractivity contribution is 7.96. The number of aromatic nitrogens is 2. The molecule has 0 fully saturated rings. The van der Waals surface area contributed by atoms with Gasteiger partial charge in [-0.15, -0.1) is 12.6 Å². The lowest BCUT2D eigenvalue weighted by Gasteiger charge is -2.37. The van der Waals surface area contributed by atoms with E-state index in [0.29, 0.717) is 25.4 Å². The number of hydrogen-bond acceptors (Lipinski definition) is 6. The molecular formula is C38H40N2O5S. The first-order chi connectivity index (χ1) is 22.0. The molecule has 0 saturated heterocycles. The number of carbonyl (C=O) groups is 1. The molecule has 2 atom stereocenters. The highest BCUT2D eigenvalue weighted by Gasteiger charge is 2.35. The van der Waals surface area contributed by atoms with Crippen molar-refractivity contribution in [3.63, 3.8) is 0 Å². The van der Waals surface area contributed by atoms with E-state index in [9.17, 15) is 9.90 Å². The Bertz CT molecular complexity index is 1900. The van der Waals surface area contributed by atoms with Crippen LogP contribution >= 0.6 is 12.6 Å². The maximum absolute atomic E-state index is 12.2. The van der Waals surface area contributed by atoms with Crippen LogP contribution in [0.1, 0.15) is 58.5 Å². The zero-order chi connectivity index (χ0) is 32.6. The van der Waals surface area contributed by atoms with Crippen molar-refractivity contribution in [1.82, 2.24) is 9.55 Å². The highest BCUT2D eigenvalue weighted by Crippen LogP contribution is 2.43. The van der Waals surface area contributed by atoms with Gasteiger partial charge in [-0.1, -0.05) is 42.5 Å². The summed E-state index contributed by atoms with van der Waals surface area (Å²) in [6.07, 6.45) is 2.19. The first-order valence-electron chi connectivity index (χ1n) is 15.6. The lowest BCUT2D eigenvalue weighted by Crippen LogP contribution is -2.42. The number of carbonyl (C=O) groups excluding carboxylic acids is 1. The third kappa shape index (κ3) is 6.31. The third-order valence-corrected chi connectivity index (χ3v) is 9.62. The monoisotopic (exact) mass is 636 g/mol. The normalized spacial score (nSPS) is 16.5. The molecule has 6 rings (SSSR count). The molecule has 0 amide bonds. The molecule has 1 aliphatic rings. The molecule has 2 heterocycles. The van der Waals surface area contributed by atoms with Gasteiger partial charge in [0.2, 0.25) is 0 Å². The first kappa shape index (κ1) is 31.5. The van der Waals surface area contributed by atoms with Crippen molar-refractivity contribution in [2.75, 3.05) is 6.61 Å². The van der Waals surface area contributed by atoms with Crippen LogP contribution in [-0.4, -0.2) is 32.0 Å². The number of rotatable bonds is 10. The number of phenolic OH excluding ortho intramolecular Hbond substituents is 1. The molecule has 0 aliphatic carbocycles. The van der Waals surface area contributed by atoms with Crippen LogP contribution in [0, 0.1) is 20.8 Å². The quantitative estimate of drug-likeness (QED) is 0.153. The zero-order valence-corrected chi connectivity index (χ0v) is 27.9. The van der Waals surface area contributed by atoms with E-state index >= 15 is 0 Å². The van der Waals surface area contributed by atoms with E-state index in [1.807, 2.05) is 105 Å². The lowest BCUT2D eigenvalue weighted by molar-refractivity contribution is -0.112. The molecule has 0 saturated carbocycles. The molecule has 46 heavy (non-hydrogen) atoms. The Morgan fingerprint density at radius 3 is 2.43 bits per heavy atom. The van der Waals surface area contributed by atoms with Crippen molar-refractivity contribution in [1.29, 1.82) is 0 Å². The molecule has 238 valence electrons. The highest BCUT2D eigenvalue weighted by atomic mass is 32.1. The first-order valence-corrected chi connectivity index (χ1v) is 16.1. The van der Waals surface area contributed by atoms with Crippen LogP contribution in [0.5, 0.6) is 23.0 Å². The summed E-state index contributed by atoms with van der Waals surface area (Å²) in [6, 6.07) is 23.5. The Morgan fingerprint density at radius 2 is 1.72 bits per heavy atom. The Balaban J connectivity index is 1.09. The van der Waals surface area contributed by atoms with Gasteiger partial charge in [0.25, 0.3) is 0 Å². The predicted octanol–water partition coefficient (Wildman–Crippen LogP) is 7.73. The maximum atomic E-state index is 12.2. The number of thiol groups is 1. The number of ether oxygens (including phenoxy) is 3. The number of imidazole rings is 1. The molecule has 4 aromatic carbocycles. The van der Waals surface area contributed by atoms with Gasteiger partial charge in [0.15, 0.2) is 5.12 Å². The van der Waals surface area contributed by atoms with E-state index in [0.717, 1.165) is 80.3 Å². The van der Waals surface area contributed by atoms with Crippen molar-refractivity contribution < 1.29 is 24.1 Å². The van der Waals surface area contributed by atoms with Crippen LogP contribution in [0.25, 0.3) is 11.0 Å². The summed E-state index contributed by atoms with van der Waals surface area (Å²) < 4.78 is 21.0. The van der Waals surface area contributed by atoms with Gasteiger partial charge in [-0.3, -0.25) is 4.79 Å². The molecular weight excluding hydrogens is 596 g/mol. The second-order valence-corrected chi connectivity index (χ2v) is 13.0. The molecule has 5 aromatic rings. The minimum Gasteiger partial charge on any atom is -0.507 e. The van der Waals surface area contributed by atoms with Crippen LogP contribution in [0.2, 0.25) is 0 Å². The van der Waals surface area contributed by atoms with Crippen LogP contribution < -0.4 is 14.2 Å². The molecule has 2 unspecified atom stereocenters. The molecule has 1 aliphatic heterocycles. The standard InChI is InChI=1S/C38H40N2O5S/c1-23-24(2)36-30(25(3)35(23)41)17-18-38(4,45-36)22-44-29-15-16-32-33(20-29)40(5)34(39-32)21-43-28-13-11-26(12-14-28)19-31(37(42)46)27-9-7-6-8-10-27/h6-16,20,31,41H,17-19,21-22H2,1-5H3,(H,42,46). The van der Waals surface area contributed by atoms with Crippen molar-refractivity contribution in [2.24, 2.45) is 7.05 Å². The number of benzene rings is 4. The largest absolute Gasteiger partial charge is 0.507 e. The van der Waals surface area contributed by atoms with Gasteiger partial charge in [-0.25, -0.2) is 4.98 Å². The summed E-state index contributed by atoms with van der Waals surface area (Å²) in [5.41, 5.74) is 7.15. The zero-order valence-electron chi connectivity index (χ0n) is 27.0. The Morgan fingerprint density at radius 1 is 1.00 bits per heavy atom. The number of phenols is 1. The Labute approximate surface area is 275 Å². The van der Waals surface area contributed by atoms with E-state index in [1.165, 1.54) is 0 Å². The summed E-state index contributed by atoms with van der Waals surface area (Å²) in [4.78, 5) is 17.0. The summed E-state index contributed by atoms with van der Waals surface area (Å²) in [5, 5.41) is 10.4. The fraction of sp³-hybridized carbons (Fsp3) is 0.316. The average Bonchev–Trinajstić information content (AvgIpc) is 3.38. The SMILES string of the molecule is Cc1c(C)c2c(c(C)c1O)CCC(C)(COc1ccc3nc(COc4ccc(CC(C(=O)S)c5ccccc5)cc4)n(C)c3c1)O2. The Hall–Kier alpha value is -4.43. The van der Waals surface area contributed by atoms with E-state index in [1.54, 1.807) is 0 Å². The third-order valence-electron chi connectivity index (χ3n) is 9.31. The van der Waals surface area contributed by atoms with Gasteiger partial charge in [0.1, 0.15) is 47.6 Å². The number of fused-ring (bicyclic) bond motifs is 2. The predicted molar refractivity (Wildman–Crippen MR) is 184 cm³/mol. The number of aromatic hydroxyl groups is 1. The molecule has 1 N–H and O–H groups in total. The van der Waals surface area contributed by atoms with E-state index in [-0.39, 0.29) is 11.0 Å². The number of aryl methyl sites for hydroxylation is 1. The second kappa shape index (κ2) is 12.8. The fourth-order valence-electron chi connectivity index (χ4n) is 6.21. The van der Waals surface area contributed by atoms with Crippen LogP contribution in [0.15, 0.2) is 72.8 Å². The lowest BCUT2D eigenvalue weighted by atomic mass is 9.87. The minimum absolute atomic E-state index is 0.147.